The van der Waals surface area contributed by atoms with E-state index in [1.165, 1.54) is 11.3 Å². The molecule has 2 fully saturated rings. The Labute approximate surface area is 289 Å². The topological polar surface area (TPSA) is 77.9 Å². The van der Waals surface area contributed by atoms with Crippen molar-refractivity contribution < 1.29 is 9.59 Å². The van der Waals surface area contributed by atoms with Gasteiger partial charge < -0.3 is 24.6 Å². The lowest BCUT2D eigenvalue weighted by atomic mass is 9.83. The number of rotatable bonds is 5. The summed E-state index contributed by atoms with van der Waals surface area (Å²) in [5.74, 6) is 0.284. The minimum atomic E-state index is -0.208. The molecule has 4 heterocycles. The molecule has 2 bridgehead atoms. The molecule has 254 valence electrons. The third-order valence-corrected chi connectivity index (χ3v) is 10.6. The maximum absolute atomic E-state index is 14.0. The number of pyridine rings is 1. The highest BCUT2D eigenvalue weighted by atomic mass is 16.2. The first-order chi connectivity index (χ1) is 23.4. The first kappa shape index (κ1) is 32.7. The summed E-state index contributed by atoms with van der Waals surface area (Å²) in [7, 11) is 0. The molecular weight excluding hydrogens is 610 g/mol. The first-order valence-electron chi connectivity index (χ1n) is 17.6. The van der Waals surface area contributed by atoms with E-state index in [4.69, 9.17) is 0 Å². The zero-order valence-electron chi connectivity index (χ0n) is 29.3. The maximum Gasteiger partial charge on any atom is 0.255 e. The van der Waals surface area contributed by atoms with Crippen LogP contribution in [0.5, 0.6) is 0 Å². The molecule has 8 heteroatoms. The Morgan fingerprint density at radius 2 is 1.57 bits per heavy atom. The maximum atomic E-state index is 14.0. The summed E-state index contributed by atoms with van der Waals surface area (Å²) in [6, 6.07) is 27.8. The second kappa shape index (κ2) is 12.9. The number of anilines is 3. The van der Waals surface area contributed by atoms with E-state index in [-0.39, 0.29) is 34.7 Å². The summed E-state index contributed by atoms with van der Waals surface area (Å²) in [5, 5.41) is 3.20. The molecule has 2 saturated heterocycles. The van der Waals surface area contributed by atoms with Crippen LogP contribution in [0, 0.1) is 12.8 Å². The molecule has 3 aromatic carbocycles. The monoisotopic (exact) mass is 657 g/mol. The summed E-state index contributed by atoms with van der Waals surface area (Å²) in [5.41, 5.74) is 7.34. The summed E-state index contributed by atoms with van der Waals surface area (Å²) >= 11 is 0. The highest BCUT2D eigenvalue weighted by Gasteiger charge is 2.36. The number of fused-ring (bicyclic) bond motifs is 4. The molecule has 3 unspecified atom stereocenters. The lowest BCUT2D eigenvalue weighted by Gasteiger charge is -2.44. The van der Waals surface area contributed by atoms with Gasteiger partial charge in [-0.05, 0) is 91.3 Å². The average molecular weight is 658 g/mol. The molecular formula is C41H47N5O3. The van der Waals surface area contributed by atoms with Gasteiger partial charge in [0.1, 0.15) is 0 Å². The van der Waals surface area contributed by atoms with E-state index >= 15 is 0 Å². The Morgan fingerprint density at radius 3 is 2.31 bits per heavy atom. The molecule has 3 aliphatic heterocycles. The standard InChI is InChI=1S/C41H47N5O3/c1-27-8-6-9-34(20-27)45-19-18-43(23-28(45)2)40(49)31-14-17-37(35(22-31)42-39(48)30-12-15-33(16-13-30)41(3,4)5)44-24-29-21-32(26-44)36-10-7-11-38(47)46(36)25-29/h6-17,20,22,28-29,32H,18-19,21,23-26H2,1-5H3,(H,42,48). The molecule has 1 N–H and O–H groups in total. The van der Waals surface area contributed by atoms with Gasteiger partial charge in [-0.2, -0.15) is 0 Å². The van der Waals surface area contributed by atoms with Crippen LogP contribution in [0.1, 0.15) is 77.6 Å². The number of amides is 2. The Kier molecular flexibility index (Phi) is 8.59. The largest absolute Gasteiger partial charge is 0.369 e. The van der Waals surface area contributed by atoms with Gasteiger partial charge >= 0.3 is 0 Å². The van der Waals surface area contributed by atoms with Crippen molar-refractivity contribution in [2.24, 2.45) is 5.92 Å². The summed E-state index contributed by atoms with van der Waals surface area (Å²) in [6.45, 7) is 14.9. The van der Waals surface area contributed by atoms with Gasteiger partial charge in [-0.3, -0.25) is 14.4 Å². The van der Waals surface area contributed by atoms with Crippen LogP contribution in [0.3, 0.4) is 0 Å². The lowest BCUT2D eigenvalue weighted by molar-refractivity contribution is 0.0726. The Bertz CT molecular complexity index is 1940. The molecule has 0 saturated carbocycles. The van der Waals surface area contributed by atoms with Crippen molar-refractivity contribution in [1.82, 2.24) is 9.47 Å². The van der Waals surface area contributed by atoms with Crippen LogP contribution >= 0.6 is 0 Å². The number of nitrogens with one attached hydrogen (secondary N) is 1. The van der Waals surface area contributed by atoms with Crippen LogP contribution in [0.4, 0.5) is 17.1 Å². The molecule has 8 nitrogen and oxygen atoms in total. The number of nitrogens with zero attached hydrogens (tertiary/aromatic N) is 4. The van der Waals surface area contributed by atoms with E-state index in [1.54, 1.807) is 6.07 Å². The molecule has 3 aliphatic rings. The number of carbonyl (C=O) groups is 2. The Balaban J connectivity index is 1.17. The normalized spacial score (nSPS) is 20.5. The van der Waals surface area contributed by atoms with Crippen molar-refractivity contribution in [1.29, 1.82) is 0 Å². The van der Waals surface area contributed by atoms with Crippen LogP contribution in [-0.2, 0) is 12.0 Å². The van der Waals surface area contributed by atoms with Gasteiger partial charge in [0.2, 0.25) is 0 Å². The van der Waals surface area contributed by atoms with Crippen LogP contribution in [0.2, 0.25) is 0 Å². The van der Waals surface area contributed by atoms with Gasteiger partial charge in [0.15, 0.2) is 0 Å². The molecule has 0 radical (unpaired) electrons. The highest BCUT2D eigenvalue weighted by Crippen LogP contribution is 2.40. The lowest BCUT2D eigenvalue weighted by Crippen LogP contribution is -2.53. The van der Waals surface area contributed by atoms with E-state index in [1.807, 2.05) is 58.0 Å². The quantitative estimate of drug-likeness (QED) is 0.259. The molecule has 49 heavy (non-hydrogen) atoms. The van der Waals surface area contributed by atoms with Crippen LogP contribution in [0.15, 0.2) is 89.7 Å². The molecule has 1 aromatic heterocycles. The fourth-order valence-corrected chi connectivity index (χ4v) is 7.97. The van der Waals surface area contributed by atoms with Crippen LogP contribution in [-0.4, -0.2) is 60.0 Å². The Morgan fingerprint density at radius 1 is 0.816 bits per heavy atom. The first-order valence-corrected chi connectivity index (χ1v) is 17.6. The SMILES string of the molecule is Cc1cccc(N2CCN(C(=O)c3ccc(N4CC5CC(C4)c4cccc(=O)n4C5)c(NC(=O)c4ccc(C(C)(C)C)cc4)c3)CC2C)c1. The van der Waals surface area contributed by atoms with Gasteiger partial charge in [0.25, 0.3) is 17.4 Å². The van der Waals surface area contributed by atoms with Gasteiger partial charge in [0.05, 0.1) is 11.4 Å². The summed E-state index contributed by atoms with van der Waals surface area (Å²) < 4.78 is 1.93. The van der Waals surface area contributed by atoms with E-state index in [0.29, 0.717) is 42.4 Å². The zero-order valence-corrected chi connectivity index (χ0v) is 29.3. The van der Waals surface area contributed by atoms with E-state index in [0.717, 1.165) is 43.0 Å². The number of hydrogen-bond acceptors (Lipinski definition) is 5. The molecule has 4 aromatic rings. The fraction of sp³-hybridized carbons (Fsp3) is 0.390. The van der Waals surface area contributed by atoms with E-state index in [2.05, 4.69) is 80.1 Å². The Hall–Kier alpha value is -4.85. The van der Waals surface area contributed by atoms with Gasteiger partial charge in [-0.1, -0.05) is 51.1 Å². The number of carbonyl (C=O) groups excluding carboxylic acids is 2. The highest BCUT2D eigenvalue weighted by molar-refractivity contribution is 6.07. The molecule has 7 rings (SSSR count). The van der Waals surface area contributed by atoms with E-state index < -0.39 is 0 Å². The molecule has 0 spiro atoms. The molecule has 0 aliphatic carbocycles. The van der Waals surface area contributed by atoms with Crippen molar-refractivity contribution in [3.05, 3.63) is 123 Å². The minimum absolute atomic E-state index is 0.0179. The van der Waals surface area contributed by atoms with Crippen molar-refractivity contribution in [3.8, 4) is 0 Å². The number of aryl methyl sites for hydroxylation is 1. The summed E-state index contributed by atoms with van der Waals surface area (Å²) in [4.78, 5) is 47.1. The molecule has 3 atom stereocenters. The number of hydrogen-bond donors (Lipinski definition) is 1. The predicted molar refractivity (Wildman–Crippen MR) is 197 cm³/mol. The number of piperazine rings is 1. The zero-order chi connectivity index (χ0) is 34.4. The minimum Gasteiger partial charge on any atom is -0.369 e. The third kappa shape index (κ3) is 6.61. The predicted octanol–water partition coefficient (Wildman–Crippen LogP) is 6.68. The smallest absolute Gasteiger partial charge is 0.255 e. The van der Waals surface area contributed by atoms with Gasteiger partial charge in [0, 0.05) is 79.8 Å². The van der Waals surface area contributed by atoms with Crippen LogP contribution < -0.4 is 20.7 Å². The number of aromatic nitrogens is 1. The molecule has 2 amide bonds. The van der Waals surface area contributed by atoms with Crippen molar-refractivity contribution in [3.63, 3.8) is 0 Å². The summed E-state index contributed by atoms with van der Waals surface area (Å²) in [6.07, 6.45) is 1.03. The van der Waals surface area contributed by atoms with Crippen molar-refractivity contribution in [2.45, 2.75) is 65.0 Å². The van der Waals surface area contributed by atoms with Crippen LogP contribution in [0.25, 0.3) is 0 Å². The van der Waals surface area contributed by atoms with Gasteiger partial charge in [-0.15, -0.1) is 0 Å². The van der Waals surface area contributed by atoms with Crippen molar-refractivity contribution in [2.75, 3.05) is 47.8 Å². The fourth-order valence-electron chi connectivity index (χ4n) is 7.97. The third-order valence-electron chi connectivity index (χ3n) is 10.6. The number of benzene rings is 3. The average Bonchev–Trinajstić information content (AvgIpc) is 3.08. The van der Waals surface area contributed by atoms with E-state index in [9.17, 15) is 14.4 Å². The van der Waals surface area contributed by atoms with Gasteiger partial charge in [-0.25, -0.2) is 0 Å². The second-order valence-electron chi connectivity index (χ2n) is 15.2. The second-order valence-corrected chi connectivity index (χ2v) is 15.2. The number of piperidine rings is 1. The van der Waals surface area contributed by atoms with Crippen molar-refractivity contribution >= 4 is 28.9 Å².